The van der Waals surface area contributed by atoms with E-state index in [4.69, 9.17) is 20.6 Å². The summed E-state index contributed by atoms with van der Waals surface area (Å²) in [4.78, 5) is 76.3. The summed E-state index contributed by atoms with van der Waals surface area (Å²) in [6, 6.07) is 9.76. The van der Waals surface area contributed by atoms with Crippen molar-refractivity contribution in [3.05, 3.63) is 58.7 Å². The van der Waals surface area contributed by atoms with Crippen LogP contribution < -0.4 is 25.4 Å². The molecular formula is C35H39N5O10Si. The van der Waals surface area contributed by atoms with Gasteiger partial charge in [-0.1, -0.05) is 43.6 Å². The predicted molar refractivity (Wildman–Crippen MR) is 185 cm³/mol. The number of esters is 1. The van der Waals surface area contributed by atoms with Crippen molar-refractivity contribution in [2.24, 2.45) is 0 Å². The van der Waals surface area contributed by atoms with E-state index in [0.717, 1.165) is 11.1 Å². The average Bonchev–Trinajstić information content (AvgIpc) is 3.70. The molecule has 0 unspecified atom stereocenters. The Kier molecular flexibility index (Phi) is 11.0. The molecule has 1 saturated heterocycles. The number of benzene rings is 2. The quantitative estimate of drug-likeness (QED) is 0.157. The first-order valence-electron chi connectivity index (χ1n) is 15.6. The lowest BCUT2D eigenvalue weighted by Gasteiger charge is -2.31. The highest BCUT2D eigenvalue weighted by Crippen LogP contribution is 2.30. The van der Waals surface area contributed by atoms with Gasteiger partial charge in [-0.3, -0.25) is 25.0 Å². The molecule has 3 aliphatic heterocycles. The summed E-state index contributed by atoms with van der Waals surface area (Å²) in [7, 11) is 3.52. The van der Waals surface area contributed by atoms with Gasteiger partial charge in [0, 0.05) is 24.2 Å². The molecule has 268 valence electrons. The van der Waals surface area contributed by atoms with E-state index in [2.05, 4.69) is 38.1 Å². The molecule has 5 rings (SSSR count). The summed E-state index contributed by atoms with van der Waals surface area (Å²) in [6.45, 7) is 6.34. The minimum absolute atomic E-state index is 0.0864. The number of nitrogens with zero attached hydrogens (tertiary/aromatic N) is 2. The lowest BCUT2D eigenvalue weighted by Crippen LogP contribution is -2.60. The van der Waals surface area contributed by atoms with E-state index in [-0.39, 0.29) is 31.4 Å². The normalized spacial score (nSPS) is 18.3. The second-order valence-electron chi connectivity index (χ2n) is 12.8. The molecule has 2 aromatic rings. The molecule has 3 heterocycles. The lowest BCUT2D eigenvalue weighted by molar-refractivity contribution is -0.146. The third-order valence-electron chi connectivity index (χ3n) is 8.12. The molecule has 2 atom stereocenters. The van der Waals surface area contributed by atoms with Crippen molar-refractivity contribution in [2.75, 3.05) is 41.5 Å². The Bertz CT molecular complexity index is 1890. The van der Waals surface area contributed by atoms with E-state index in [0.29, 0.717) is 29.2 Å². The smallest absolute Gasteiger partial charge is 0.408 e. The first-order valence-corrected chi connectivity index (χ1v) is 19.1. The molecule has 2 aromatic carbocycles. The first-order chi connectivity index (χ1) is 24.0. The van der Waals surface area contributed by atoms with E-state index >= 15 is 0 Å². The number of fused-ring (bicyclic) bond motifs is 2. The Labute approximate surface area is 296 Å². The van der Waals surface area contributed by atoms with Gasteiger partial charge in [-0.2, -0.15) is 0 Å². The van der Waals surface area contributed by atoms with Gasteiger partial charge in [-0.15, -0.1) is 12.0 Å². The molecule has 1 fully saturated rings. The highest BCUT2D eigenvalue weighted by Gasteiger charge is 2.48. The van der Waals surface area contributed by atoms with Gasteiger partial charge in [0.05, 0.1) is 41.5 Å². The molecule has 51 heavy (non-hydrogen) atoms. The van der Waals surface area contributed by atoms with Crippen molar-refractivity contribution in [1.29, 1.82) is 0 Å². The van der Waals surface area contributed by atoms with Gasteiger partial charge in [0.1, 0.15) is 19.6 Å². The van der Waals surface area contributed by atoms with Crippen molar-refractivity contribution < 1.29 is 47.7 Å². The summed E-state index contributed by atoms with van der Waals surface area (Å²) < 4.78 is 19.9. The lowest BCUT2D eigenvalue weighted by atomic mass is 10.00. The van der Waals surface area contributed by atoms with Gasteiger partial charge in [-0.25, -0.2) is 14.4 Å². The van der Waals surface area contributed by atoms with Crippen molar-refractivity contribution in [3.8, 4) is 35.3 Å². The number of hydrogen-bond acceptors (Lipinski definition) is 10. The molecule has 0 saturated carbocycles. The first kappa shape index (κ1) is 37.8. The predicted octanol–water partition coefficient (Wildman–Crippen LogP) is 1.66. The highest BCUT2D eigenvalue weighted by atomic mass is 28.3. The van der Waals surface area contributed by atoms with E-state index in [9.17, 15) is 28.8 Å². The van der Waals surface area contributed by atoms with Crippen molar-refractivity contribution in [2.45, 2.75) is 43.8 Å². The minimum atomic E-state index is -1.92. The number of ether oxygens (including phenoxy) is 4. The zero-order valence-corrected chi connectivity index (χ0v) is 30.3. The summed E-state index contributed by atoms with van der Waals surface area (Å²) in [5.41, 5.74) is 2.44. The van der Waals surface area contributed by atoms with Gasteiger partial charge in [0.15, 0.2) is 5.54 Å². The number of nitrogens with one attached hydrogen (secondary N) is 3. The van der Waals surface area contributed by atoms with Crippen LogP contribution in [-0.4, -0.2) is 106 Å². The maximum absolute atomic E-state index is 12.9. The van der Waals surface area contributed by atoms with Crippen molar-refractivity contribution >= 4 is 43.9 Å². The molecule has 0 radical (unpaired) electrons. The number of methoxy groups -OCH3 is 4. The Hall–Kier alpha value is -6.00. The Morgan fingerprint density at radius 2 is 1.45 bits per heavy atom. The van der Waals surface area contributed by atoms with E-state index in [1.807, 2.05) is 19.6 Å². The third-order valence-corrected chi connectivity index (χ3v) is 9.00. The van der Waals surface area contributed by atoms with Crippen LogP contribution in [0.5, 0.6) is 11.5 Å². The average molecular weight is 718 g/mol. The second kappa shape index (κ2) is 14.9. The maximum atomic E-state index is 12.9. The molecule has 3 aliphatic rings. The number of alkyl carbamates (subject to hydrolysis) is 1. The topological polar surface area (TPSA) is 182 Å². The summed E-state index contributed by atoms with van der Waals surface area (Å²) >= 11 is 0. The zero-order chi connectivity index (χ0) is 37.7. The number of imide groups is 1. The fraction of sp³-hybridized carbons (Fsp3) is 0.371. The van der Waals surface area contributed by atoms with Crippen molar-refractivity contribution in [1.82, 2.24) is 25.8 Å². The number of carbonyl (C=O) groups excluding carboxylic acids is 6. The molecule has 15 nitrogen and oxygen atoms in total. The number of rotatable bonds is 8. The van der Waals surface area contributed by atoms with Gasteiger partial charge in [-0.05, 0) is 35.4 Å². The molecule has 0 aromatic heterocycles. The van der Waals surface area contributed by atoms with Gasteiger partial charge in [0.2, 0.25) is 5.54 Å². The van der Waals surface area contributed by atoms with Crippen LogP contribution in [0, 0.1) is 23.8 Å². The Morgan fingerprint density at radius 3 is 1.90 bits per heavy atom. The van der Waals surface area contributed by atoms with Crippen LogP contribution in [0.1, 0.15) is 31.8 Å². The second-order valence-corrected chi connectivity index (χ2v) is 17.6. The van der Waals surface area contributed by atoms with Crippen LogP contribution in [-0.2, 0) is 32.2 Å². The standard InChI is InChI=1S/C20H26N2O6Si.C15H13N3O4/c1-26-15-8-7-14-12-22(17(23)16(14)11-15)13-20(18(24)27-2,21-19(25)28-3)9-10-29(4,5)6;1-3-15(13(20)16-14(21)17-15)8-18-7-9-4-5-10(22-2)6-11(9)12(18)19/h7-8,11H,12-13H2,1-6H3,(H,21,25);1,4-6H,7-8H2,2H3,(H2,16,17,20,21)/t20-;15-/m11/s1. The molecule has 16 heteroatoms. The number of urea groups is 1. The summed E-state index contributed by atoms with van der Waals surface area (Å²) in [5.74, 6) is 4.39. The van der Waals surface area contributed by atoms with Crippen LogP contribution >= 0.6 is 0 Å². The van der Waals surface area contributed by atoms with Crippen LogP contribution in [0.25, 0.3) is 0 Å². The van der Waals surface area contributed by atoms with Crippen molar-refractivity contribution in [3.63, 3.8) is 0 Å². The third kappa shape index (κ3) is 8.08. The molecular weight excluding hydrogens is 678 g/mol. The van der Waals surface area contributed by atoms with E-state index < -0.39 is 43.2 Å². The monoisotopic (exact) mass is 717 g/mol. The molecule has 0 aliphatic carbocycles. The van der Waals surface area contributed by atoms with Crippen LogP contribution in [0.15, 0.2) is 36.4 Å². The number of carbonyl (C=O) groups is 6. The summed E-state index contributed by atoms with van der Waals surface area (Å²) in [6.07, 6.45) is 4.57. The largest absolute Gasteiger partial charge is 0.497 e. The van der Waals surface area contributed by atoms with Gasteiger partial charge >= 0.3 is 18.1 Å². The molecule has 0 bridgehead atoms. The van der Waals surface area contributed by atoms with Gasteiger partial charge in [0.25, 0.3) is 17.7 Å². The maximum Gasteiger partial charge on any atom is 0.408 e. The van der Waals surface area contributed by atoms with Crippen LogP contribution in [0.4, 0.5) is 9.59 Å². The zero-order valence-electron chi connectivity index (χ0n) is 29.3. The van der Waals surface area contributed by atoms with Crippen LogP contribution in [0.3, 0.4) is 0 Å². The fourth-order valence-electron chi connectivity index (χ4n) is 5.48. The number of hydrogen-bond donors (Lipinski definition) is 3. The van der Waals surface area contributed by atoms with Crippen LogP contribution in [0.2, 0.25) is 19.6 Å². The highest BCUT2D eigenvalue weighted by molar-refractivity contribution is 6.83. The van der Waals surface area contributed by atoms with Gasteiger partial charge < -0.3 is 34.1 Å². The molecule has 0 spiro atoms. The minimum Gasteiger partial charge on any atom is -0.497 e. The fourth-order valence-corrected chi connectivity index (χ4v) is 6.07. The Balaban J connectivity index is 0.000000237. The number of amides is 6. The number of terminal acetylenes is 1. The SMILES string of the molecule is C#C[C@]1(CN2Cc3ccc(OC)cc3C2=O)NC(=O)NC1=O.COC(=O)N[C@](C#C[Si](C)(C)C)(CN1Cc2ccc(OC)cc2C1=O)C(=O)OC. The molecule has 3 N–H and O–H groups in total. The molecule has 6 amide bonds. The van der Waals surface area contributed by atoms with E-state index in [1.54, 1.807) is 36.4 Å². The Morgan fingerprint density at radius 1 is 0.902 bits per heavy atom. The van der Waals surface area contributed by atoms with E-state index in [1.165, 1.54) is 38.2 Å². The summed E-state index contributed by atoms with van der Waals surface area (Å²) in [5, 5.41) is 7.00.